The van der Waals surface area contributed by atoms with Crippen molar-refractivity contribution in [3.8, 4) is 5.82 Å². The van der Waals surface area contributed by atoms with Gasteiger partial charge >= 0.3 is 0 Å². The average molecular weight is 343 g/mol. The molecule has 0 radical (unpaired) electrons. The predicted octanol–water partition coefficient (Wildman–Crippen LogP) is 1.33. The van der Waals surface area contributed by atoms with Gasteiger partial charge in [-0.1, -0.05) is 0 Å². The molecule has 0 bridgehead atoms. The first kappa shape index (κ1) is 17.6. The second-order valence-corrected chi connectivity index (χ2v) is 6.45. The van der Waals surface area contributed by atoms with Crippen LogP contribution in [0.4, 0.5) is 0 Å². The minimum atomic E-state index is -0.104. The molecule has 0 aliphatic carbocycles. The first-order chi connectivity index (χ1) is 12.0. The molecule has 7 nitrogen and oxygen atoms in total. The summed E-state index contributed by atoms with van der Waals surface area (Å²) in [5.41, 5.74) is 2.51. The molecule has 1 unspecified atom stereocenters. The molecule has 1 fully saturated rings. The van der Waals surface area contributed by atoms with E-state index < -0.39 is 0 Å². The Bertz CT molecular complexity index is 720. The number of hydrogen-bond donors (Lipinski definition) is 1. The van der Waals surface area contributed by atoms with Crippen LogP contribution in [-0.2, 0) is 4.74 Å². The van der Waals surface area contributed by atoms with Crippen molar-refractivity contribution in [2.24, 2.45) is 0 Å². The summed E-state index contributed by atoms with van der Waals surface area (Å²) < 4.78 is 7.13. The molecule has 1 aliphatic rings. The SMILES string of the molecule is Cc1cc(C)n(-c2ccc(C(=O)NCC(C)N3CCOCC3)cn2)n1. The van der Waals surface area contributed by atoms with Gasteiger partial charge in [0.1, 0.15) is 0 Å². The number of aromatic nitrogens is 3. The summed E-state index contributed by atoms with van der Waals surface area (Å²) in [6.45, 7) is 10.0. The van der Waals surface area contributed by atoms with Gasteiger partial charge in [-0.3, -0.25) is 9.69 Å². The number of ether oxygens (including phenoxy) is 1. The lowest BCUT2D eigenvalue weighted by atomic mass is 10.2. The summed E-state index contributed by atoms with van der Waals surface area (Å²) in [4.78, 5) is 19.0. The van der Waals surface area contributed by atoms with E-state index >= 15 is 0 Å². The number of rotatable bonds is 5. The Labute approximate surface area is 148 Å². The minimum absolute atomic E-state index is 0.104. The van der Waals surface area contributed by atoms with Gasteiger partial charge in [0, 0.05) is 37.6 Å². The van der Waals surface area contributed by atoms with Gasteiger partial charge in [0.15, 0.2) is 5.82 Å². The molecule has 1 aliphatic heterocycles. The Hall–Kier alpha value is -2.25. The first-order valence-corrected chi connectivity index (χ1v) is 8.64. The zero-order chi connectivity index (χ0) is 17.8. The molecule has 3 heterocycles. The highest BCUT2D eigenvalue weighted by Crippen LogP contribution is 2.10. The van der Waals surface area contributed by atoms with Crippen molar-refractivity contribution in [2.45, 2.75) is 26.8 Å². The third-order valence-electron chi connectivity index (χ3n) is 4.46. The maximum absolute atomic E-state index is 12.3. The van der Waals surface area contributed by atoms with Crippen LogP contribution in [0.5, 0.6) is 0 Å². The summed E-state index contributed by atoms with van der Waals surface area (Å²) in [5, 5.41) is 7.39. The van der Waals surface area contributed by atoms with E-state index in [1.165, 1.54) is 0 Å². The molecule has 1 N–H and O–H groups in total. The first-order valence-electron chi connectivity index (χ1n) is 8.64. The van der Waals surface area contributed by atoms with Crippen LogP contribution in [0.2, 0.25) is 0 Å². The maximum Gasteiger partial charge on any atom is 0.252 e. The normalized spacial score (nSPS) is 16.6. The van der Waals surface area contributed by atoms with E-state index in [2.05, 4.69) is 27.2 Å². The smallest absolute Gasteiger partial charge is 0.252 e. The van der Waals surface area contributed by atoms with E-state index in [1.54, 1.807) is 16.9 Å². The standard InChI is InChI=1S/C18H25N5O2/c1-13-10-14(2)23(21-13)17-5-4-16(12-19-17)18(24)20-11-15(3)22-6-8-25-9-7-22/h4-5,10,12,15H,6-9,11H2,1-3H3,(H,20,24). The molecule has 1 amide bonds. The van der Waals surface area contributed by atoms with Crippen molar-refractivity contribution in [3.05, 3.63) is 41.3 Å². The Morgan fingerprint density at radius 2 is 2.08 bits per heavy atom. The van der Waals surface area contributed by atoms with E-state index in [0.29, 0.717) is 17.9 Å². The minimum Gasteiger partial charge on any atom is -0.379 e. The van der Waals surface area contributed by atoms with E-state index in [-0.39, 0.29) is 11.9 Å². The Morgan fingerprint density at radius 1 is 1.32 bits per heavy atom. The van der Waals surface area contributed by atoms with E-state index in [4.69, 9.17) is 4.74 Å². The van der Waals surface area contributed by atoms with E-state index in [9.17, 15) is 4.79 Å². The van der Waals surface area contributed by atoms with Crippen molar-refractivity contribution >= 4 is 5.91 Å². The molecule has 25 heavy (non-hydrogen) atoms. The lowest BCUT2D eigenvalue weighted by molar-refractivity contribution is 0.0204. The molecule has 3 rings (SSSR count). The predicted molar refractivity (Wildman–Crippen MR) is 95.0 cm³/mol. The molecular formula is C18H25N5O2. The molecule has 0 spiro atoms. The molecule has 1 atom stereocenters. The largest absolute Gasteiger partial charge is 0.379 e. The highest BCUT2D eigenvalue weighted by atomic mass is 16.5. The third-order valence-corrected chi connectivity index (χ3v) is 4.46. The molecule has 0 saturated carbocycles. The molecule has 2 aromatic heterocycles. The average Bonchev–Trinajstić information content (AvgIpc) is 2.98. The number of nitrogens with zero attached hydrogens (tertiary/aromatic N) is 4. The lowest BCUT2D eigenvalue weighted by Gasteiger charge is -2.32. The fourth-order valence-corrected chi connectivity index (χ4v) is 3.00. The number of morpholine rings is 1. The number of carbonyl (C=O) groups excluding carboxylic acids is 1. The van der Waals surface area contributed by atoms with Crippen LogP contribution in [0.1, 0.15) is 28.7 Å². The number of pyridine rings is 1. The van der Waals surface area contributed by atoms with Crippen LogP contribution in [0.3, 0.4) is 0 Å². The van der Waals surface area contributed by atoms with E-state index in [0.717, 1.165) is 37.7 Å². The van der Waals surface area contributed by atoms with Crippen molar-refractivity contribution in [1.82, 2.24) is 25.0 Å². The van der Waals surface area contributed by atoms with Crippen LogP contribution in [0.15, 0.2) is 24.4 Å². The van der Waals surface area contributed by atoms with Crippen LogP contribution in [0, 0.1) is 13.8 Å². The van der Waals surface area contributed by atoms with Gasteiger partial charge in [-0.15, -0.1) is 0 Å². The third kappa shape index (κ3) is 4.24. The van der Waals surface area contributed by atoms with Gasteiger partial charge in [-0.05, 0) is 39.0 Å². The lowest BCUT2D eigenvalue weighted by Crippen LogP contribution is -2.47. The molecule has 7 heteroatoms. The molecule has 1 saturated heterocycles. The Morgan fingerprint density at radius 3 is 2.68 bits per heavy atom. The fourth-order valence-electron chi connectivity index (χ4n) is 3.00. The maximum atomic E-state index is 12.3. The Kier molecular flexibility index (Phi) is 5.45. The van der Waals surface area contributed by atoms with Crippen LogP contribution < -0.4 is 5.32 Å². The highest BCUT2D eigenvalue weighted by molar-refractivity contribution is 5.93. The van der Waals surface area contributed by atoms with Gasteiger partial charge < -0.3 is 10.1 Å². The summed E-state index contributed by atoms with van der Waals surface area (Å²) >= 11 is 0. The molecule has 134 valence electrons. The highest BCUT2D eigenvalue weighted by Gasteiger charge is 2.18. The zero-order valence-corrected chi connectivity index (χ0v) is 15.0. The topological polar surface area (TPSA) is 72.3 Å². The van der Waals surface area contributed by atoms with Crippen molar-refractivity contribution in [3.63, 3.8) is 0 Å². The van der Waals surface area contributed by atoms with Gasteiger partial charge in [0.25, 0.3) is 5.91 Å². The van der Waals surface area contributed by atoms with Gasteiger partial charge in [0.2, 0.25) is 0 Å². The second-order valence-electron chi connectivity index (χ2n) is 6.45. The number of carbonyl (C=O) groups is 1. The molecular weight excluding hydrogens is 318 g/mol. The van der Waals surface area contributed by atoms with E-state index in [1.807, 2.05) is 26.0 Å². The monoisotopic (exact) mass is 343 g/mol. The van der Waals surface area contributed by atoms with Crippen LogP contribution in [-0.4, -0.2) is 64.5 Å². The number of aryl methyl sites for hydroxylation is 2. The summed E-state index contributed by atoms with van der Waals surface area (Å²) in [6, 6.07) is 5.89. The number of hydrogen-bond acceptors (Lipinski definition) is 5. The second kappa shape index (κ2) is 7.76. The quantitative estimate of drug-likeness (QED) is 0.887. The number of nitrogens with one attached hydrogen (secondary N) is 1. The van der Waals surface area contributed by atoms with Crippen molar-refractivity contribution < 1.29 is 9.53 Å². The summed E-state index contributed by atoms with van der Waals surface area (Å²) in [6.07, 6.45) is 1.60. The Balaban J connectivity index is 1.58. The summed E-state index contributed by atoms with van der Waals surface area (Å²) in [7, 11) is 0. The van der Waals surface area contributed by atoms with Gasteiger partial charge in [0.05, 0.1) is 24.5 Å². The number of amides is 1. The molecule has 0 aromatic carbocycles. The van der Waals surface area contributed by atoms with Crippen LogP contribution >= 0.6 is 0 Å². The van der Waals surface area contributed by atoms with Crippen LogP contribution in [0.25, 0.3) is 5.82 Å². The van der Waals surface area contributed by atoms with Crippen molar-refractivity contribution in [1.29, 1.82) is 0 Å². The van der Waals surface area contributed by atoms with Gasteiger partial charge in [-0.25, -0.2) is 9.67 Å². The fraction of sp³-hybridized carbons (Fsp3) is 0.500. The van der Waals surface area contributed by atoms with Gasteiger partial charge in [-0.2, -0.15) is 5.10 Å². The molecule has 2 aromatic rings. The zero-order valence-electron chi connectivity index (χ0n) is 15.0. The van der Waals surface area contributed by atoms with Crippen molar-refractivity contribution in [2.75, 3.05) is 32.8 Å². The summed E-state index contributed by atoms with van der Waals surface area (Å²) in [5.74, 6) is 0.608.